The van der Waals surface area contributed by atoms with E-state index in [0.717, 1.165) is 0 Å². The molecular formula is C14H10AlO4+. The van der Waals surface area contributed by atoms with Gasteiger partial charge in [-0.05, 0) is 11.1 Å². The molecule has 0 heterocycles. The van der Waals surface area contributed by atoms with Crippen LogP contribution in [0.4, 0.5) is 0 Å². The minimum atomic E-state index is -1.13. The van der Waals surface area contributed by atoms with Crippen molar-refractivity contribution in [3.05, 3.63) is 71.8 Å². The number of carbonyl (C=O) groups is 2. The third-order valence-corrected chi connectivity index (χ3v) is 2.02. The Morgan fingerprint density at radius 2 is 0.895 bits per heavy atom. The average molecular weight is 269 g/mol. The zero-order valence-corrected chi connectivity index (χ0v) is 11.1. The smallest absolute Gasteiger partial charge is 0.545 e. The van der Waals surface area contributed by atoms with E-state index in [1.165, 1.54) is 24.3 Å². The number of benzene rings is 2. The van der Waals surface area contributed by atoms with E-state index in [-0.39, 0.29) is 28.5 Å². The van der Waals surface area contributed by atoms with Crippen molar-refractivity contribution in [1.29, 1.82) is 0 Å². The molecule has 0 amide bonds. The zero-order chi connectivity index (χ0) is 13.4. The molecule has 2 aromatic rings. The van der Waals surface area contributed by atoms with Gasteiger partial charge in [-0.25, -0.2) is 0 Å². The number of hydrogen-bond acceptors (Lipinski definition) is 4. The first-order valence-corrected chi connectivity index (χ1v) is 5.14. The number of rotatable bonds is 2. The van der Waals surface area contributed by atoms with Crippen LogP contribution in [0.25, 0.3) is 0 Å². The van der Waals surface area contributed by atoms with Gasteiger partial charge in [-0.1, -0.05) is 60.7 Å². The minimum absolute atomic E-state index is 0. The van der Waals surface area contributed by atoms with E-state index in [0.29, 0.717) is 0 Å². The Kier molecular flexibility index (Phi) is 7.94. The standard InChI is InChI=1S/2C7H6O2.Al/c2*8-7(9)6-4-2-1-3-5-6;/h2*1-5H,(H,8,9);/q;;+3/p-2. The second-order valence-corrected chi connectivity index (χ2v) is 3.31. The number of carbonyl (C=O) groups excluding carboxylic acids is 2. The van der Waals surface area contributed by atoms with Crippen LogP contribution in [0.15, 0.2) is 60.7 Å². The second-order valence-electron chi connectivity index (χ2n) is 3.31. The fourth-order valence-corrected chi connectivity index (χ4v) is 1.15. The normalized spacial score (nSPS) is 8.42. The molecule has 92 valence electrons. The van der Waals surface area contributed by atoms with E-state index in [1.54, 1.807) is 36.4 Å². The summed E-state index contributed by atoms with van der Waals surface area (Å²) in [7, 11) is 0. The first-order chi connectivity index (χ1) is 8.61. The van der Waals surface area contributed by atoms with Gasteiger partial charge in [-0.15, -0.1) is 0 Å². The maximum absolute atomic E-state index is 10.1. The number of carboxylic acids is 2. The molecule has 5 heteroatoms. The molecule has 0 fully saturated rings. The van der Waals surface area contributed by atoms with Crippen molar-refractivity contribution in [2.24, 2.45) is 0 Å². The molecule has 0 aliphatic heterocycles. The van der Waals surface area contributed by atoms with Crippen molar-refractivity contribution in [2.45, 2.75) is 0 Å². The van der Waals surface area contributed by atoms with Gasteiger partial charge in [0.1, 0.15) is 0 Å². The summed E-state index contributed by atoms with van der Waals surface area (Å²) in [6, 6.07) is 16.1. The second kappa shape index (κ2) is 8.92. The first kappa shape index (κ1) is 16.9. The van der Waals surface area contributed by atoms with Crippen molar-refractivity contribution >= 4 is 29.3 Å². The molecule has 0 radical (unpaired) electrons. The summed E-state index contributed by atoms with van der Waals surface area (Å²) >= 11 is 0. The van der Waals surface area contributed by atoms with Gasteiger partial charge in [0.05, 0.1) is 11.9 Å². The Balaban J connectivity index is 0.000000324. The van der Waals surface area contributed by atoms with Gasteiger partial charge in [0.2, 0.25) is 0 Å². The summed E-state index contributed by atoms with van der Waals surface area (Å²) < 4.78 is 0. The summed E-state index contributed by atoms with van der Waals surface area (Å²) in [6.07, 6.45) is 0. The van der Waals surface area contributed by atoms with Crippen molar-refractivity contribution in [3.8, 4) is 0 Å². The van der Waals surface area contributed by atoms with Crippen LogP contribution in [0, 0.1) is 0 Å². The third kappa shape index (κ3) is 6.41. The Morgan fingerprint density at radius 3 is 1.05 bits per heavy atom. The van der Waals surface area contributed by atoms with Crippen molar-refractivity contribution in [2.75, 3.05) is 0 Å². The van der Waals surface area contributed by atoms with Crippen molar-refractivity contribution in [3.63, 3.8) is 0 Å². The van der Waals surface area contributed by atoms with E-state index in [4.69, 9.17) is 0 Å². The molecule has 0 atom stereocenters. The Morgan fingerprint density at radius 1 is 0.632 bits per heavy atom. The van der Waals surface area contributed by atoms with Gasteiger partial charge in [0, 0.05) is 0 Å². The van der Waals surface area contributed by atoms with Crippen LogP contribution in [0.3, 0.4) is 0 Å². The maximum atomic E-state index is 10.1. The first-order valence-electron chi connectivity index (χ1n) is 5.14. The number of hydrogen-bond donors (Lipinski definition) is 0. The molecule has 0 N–H and O–H groups in total. The summed E-state index contributed by atoms with van der Waals surface area (Å²) in [6.45, 7) is 0. The van der Waals surface area contributed by atoms with Gasteiger partial charge in [0.15, 0.2) is 0 Å². The fourth-order valence-electron chi connectivity index (χ4n) is 1.15. The van der Waals surface area contributed by atoms with E-state index < -0.39 is 11.9 Å². The molecule has 0 aliphatic carbocycles. The van der Waals surface area contributed by atoms with Crippen molar-refractivity contribution < 1.29 is 19.8 Å². The van der Waals surface area contributed by atoms with Gasteiger partial charge >= 0.3 is 17.4 Å². The molecule has 19 heavy (non-hydrogen) atoms. The molecule has 0 aromatic heterocycles. The predicted molar refractivity (Wildman–Crippen MR) is 67.3 cm³/mol. The van der Waals surface area contributed by atoms with Crippen LogP contribution in [-0.2, 0) is 0 Å². The van der Waals surface area contributed by atoms with Gasteiger partial charge in [-0.2, -0.15) is 0 Å². The Hall–Kier alpha value is -2.09. The van der Waals surface area contributed by atoms with E-state index in [2.05, 4.69) is 0 Å². The van der Waals surface area contributed by atoms with Gasteiger partial charge in [0.25, 0.3) is 0 Å². The van der Waals surface area contributed by atoms with E-state index >= 15 is 0 Å². The van der Waals surface area contributed by atoms with Crippen LogP contribution < -0.4 is 10.2 Å². The van der Waals surface area contributed by atoms with Gasteiger partial charge in [-0.3, -0.25) is 0 Å². The quantitative estimate of drug-likeness (QED) is 0.702. The van der Waals surface area contributed by atoms with Crippen LogP contribution in [-0.4, -0.2) is 29.3 Å². The molecule has 0 saturated carbocycles. The van der Waals surface area contributed by atoms with E-state index in [9.17, 15) is 19.8 Å². The van der Waals surface area contributed by atoms with Crippen LogP contribution in [0.1, 0.15) is 20.7 Å². The summed E-state index contributed by atoms with van der Waals surface area (Å²) in [5, 5.41) is 20.2. The monoisotopic (exact) mass is 269 g/mol. The van der Waals surface area contributed by atoms with Crippen molar-refractivity contribution in [1.82, 2.24) is 0 Å². The SMILES string of the molecule is O=C([O-])c1ccccc1.O=C([O-])c1ccccc1.[Al+3]. The molecule has 0 spiro atoms. The van der Waals surface area contributed by atoms with Crippen LogP contribution in [0.2, 0.25) is 0 Å². The molecule has 0 aliphatic rings. The molecule has 2 aromatic carbocycles. The maximum Gasteiger partial charge on any atom is 3.00 e. The Labute approximate surface area is 121 Å². The van der Waals surface area contributed by atoms with E-state index in [1.807, 2.05) is 0 Å². The van der Waals surface area contributed by atoms with Crippen LogP contribution in [0.5, 0.6) is 0 Å². The molecule has 2 rings (SSSR count). The molecular weight excluding hydrogens is 259 g/mol. The summed E-state index contributed by atoms with van der Waals surface area (Å²) in [5.41, 5.74) is 0.440. The molecule has 0 unspecified atom stereocenters. The third-order valence-electron chi connectivity index (χ3n) is 2.02. The zero-order valence-electron chi connectivity index (χ0n) is 9.98. The number of aromatic carboxylic acids is 2. The topological polar surface area (TPSA) is 80.3 Å². The molecule has 0 saturated heterocycles. The molecule has 0 bridgehead atoms. The summed E-state index contributed by atoms with van der Waals surface area (Å²) in [4.78, 5) is 20.2. The van der Waals surface area contributed by atoms with Crippen LogP contribution >= 0.6 is 0 Å². The summed E-state index contributed by atoms with van der Waals surface area (Å²) in [5.74, 6) is -2.26. The minimum Gasteiger partial charge on any atom is -0.545 e. The van der Waals surface area contributed by atoms with Gasteiger partial charge < -0.3 is 19.8 Å². The largest absolute Gasteiger partial charge is 3.00 e. The fraction of sp³-hybridized carbons (Fsp3) is 0. The average Bonchev–Trinajstić information content (AvgIpc) is 2.41. The predicted octanol–water partition coefficient (Wildman–Crippen LogP) is -0.281. The Bertz CT molecular complexity index is 462. The number of carboxylic acid groups (broad SMARTS) is 2. The molecule has 4 nitrogen and oxygen atoms in total.